The molecule has 114 valence electrons. The highest BCUT2D eigenvalue weighted by Crippen LogP contribution is 2.43. The van der Waals surface area contributed by atoms with E-state index in [1.165, 1.54) is 38.1 Å². The largest absolute Gasteiger partial charge is 0.236 e. The summed E-state index contributed by atoms with van der Waals surface area (Å²) in [5, 5.41) is 0.980. The topological polar surface area (TPSA) is 12.9 Å². The summed E-state index contributed by atoms with van der Waals surface area (Å²) in [5.41, 5.74) is 9.17. The van der Waals surface area contributed by atoms with Gasteiger partial charge in [-0.25, -0.2) is 4.98 Å². The van der Waals surface area contributed by atoms with E-state index in [4.69, 9.17) is 4.98 Å². The van der Waals surface area contributed by atoms with Crippen molar-refractivity contribution >= 4 is 27.6 Å². The minimum absolute atomic E-state index is 0.980. The van der Waals surface area contributed by atoms with Gasteiger partial charge in [0, 0.05) is 5.56 Å². The molecule has 1 aliphatic carbocycles. The lowest BCUT2D eigenvalue weighted by atomic mass is 9.95. The number of aromatic nitrogens is 1. The normalized spacial score (nSPS) is 12.2. The van der Waals surface area contributed by atoms with Crippen LogP contribution in [-0.4, -0.2) is 4.98 Å². The summed E-state index contributed by atoms with van der Waals surface area (Å²) < 4.78 is 1.22. The minimum Gasteiger partial charge on any atom is -0.236 e. The van der Waals surface area contributed by atoms with Gasteiger partial charge in [0.25, 0.3) is 0 Å². The van der Waals surface area contributed by atoms with E-state index in [-0.39, 0.29) is 0 Å². The van der Waals surface area contributed by atoms with Gasteiger partial charge in [0.15, 0.2) is 0 Å². The van der Waals surface area contributed by atoms with Gasteiger partial charge in [-0.2, -0.15) is 0 Å². The van der Waals surface area contributed by atoms with Gasteiger partial charge in [-0.15, -0.1) is 11.3 Å². The van der Waals surface area contributed by atoms with Crippen LogP contribution >= 0.6 is 11.3 Å². The molecule has 0 saturated heterocycles. The van der Waals surface area contributed by atoms with Gasteiger partial charge in [0.1, 0.15) is 5.01 Å². The standard InChI is InChI=1S/C22H15NS/c1-2-21-23-22-18(11-6-12-20(22)24-21)17-10-5-9-16-15-8-4-3-7-14(15)13-19(16)17/h2-12H,1,13H2. The van der Waals surface area contributed by atoms with Crippen LogP contribution in [0.4, 0.5) is 0 Å². The smallest absolute Gasteiger partial charge is 0.116 e. The molecule has 2 heteroatoms. The molecule has 4 aromatic rings. The van der Waals surface area contributed by atoms with Crippen LogP contribution in [0.5, 0.6) is 0 Å². The van der Waals surface area contributed by atoms with Crippen LogP contribution in [0.1, 0.15) is 16.1 Å². The number of thiazole rings is 1. The Morgan fingerprint density at radius 2 is 1.54 bits per heavy atom. The Bertz CT molecular complexity index is 1100. The fraction of sp³-hybridized carbons (Fsp3) is 0.0455. The molecule has 0 N–H and O–H groups in total. The van der Waals surface area contributed by atoms with Crippen molar-refractivity contribution in [2.24, 2.45) is 0 Å². The van der Waals surface area contributed by atoms with Crippen molar-refractivity contribution in [1.29, 1.82) is 0 Å². The third kappa shape index (κ3) is 1.90. The third-order valence-electron chi connectivity index (χ3n) is 4.75. The molecule has 5 rings (SSSR count). The maximum Gasteiger partial charge on any atom is 0.116 e. The molecule has 0 atom stereocenters. The number of hydrogen-bond acceptors (Lipinski definition) is 2. The van der Waals surface area contributed by atoms with Crippen LogP contribution in [0.15, 0.2) is 67.2 Å². The quantitative estimate of drug-likeness (QED) is 0.378. The molecule has 0 saturated carbocycles. The van der Waals surface area contributed by atoms with Crippen molar-refractivity contribution in [1.82, 2.24) is 4.98 Å². The zero-order valence-electron chi connectivity index (χ0n) is 13.1. The van der Waals surface area contributed by atoms with E-state index in [9.17, 15) is 0 Å². The van der Waals surface area contributed by atoms with Crippen molar-refractivity contribution in [3.05, 3.63) is 83.4 Å². The molecule has 3 aromatic carbocycles. The van der Waals surface area contributed by atoms with Gasteiger partial charge < -0.3 is 0 Å². The highest BCUT2D eigenvalue weighted by molar-refractivity contribution is 7.19. The molecule has 0 spiro atoms. The monoisotopic (exact) mass is 325 g/mol. The first-order chi connectivity index (χ1) is 11.8. The number of para-hydroxylation sites is 1. The fourth-order valence-electron chi connectivity index (χ4n) is 3.68. The summed E-state index contributed by atoms with van der Waals surface area (Å²) in [6.45, 7) is 3.86. The summed E-state index contributed by atoms with van der Waals surface area (Å²) in [6, 6.07) is 21.8. The molecule has 0 aliphatic heterocycles. The molecule has 24 heavy (non-hydrogen) atoms. The predicted octanol–water partition coefficient (Wildman–Crippen LogP) is 6.18. The second-order valence-corrected chi connectivity index (χ2v) is 7.14. The summed E-state index contributed by atoms with van der Waals surface area (Å²) in [4.78, 5) is 4.78. The van der Waals surface area contributed by atoms with Gasteiger partial charge in [-0.3, -0.25) is 0 Å². The number of rotatable bonds is 2. The lowest BCUT2D eigenvalue weighted by Crippen LogP contribution is -1.89. The molecule has 1 aromatic heterocycles. The Labute approximate surface area is 144 Å². The summed E-state index contributed by atoms with van der Waals surface area (Å²) >= 11 is 1.70. The predicted molar refractivity (Wildman–Crippen MR) is 103 cm³/mol. The Kier molecular flexibility index (Phi) is 2.94. The third-order valence-corrected chi connectivity index (χ3v) is 5.77. The Morgan fingerprint density at radius 3 is 2.42 bits per heavy atom. The van der Waals surface area contributed by atoms with Gasteiger partial charge in [-0.1, -0.05) is 61.2 Å². The second-order valence-electron chi connectivity index (χ2n) is 6.07. The first-order valence-electron chi connectivity index (χ1n) is 8.07. The van der Waals surface area contributed by atoms with Crippen LogP contribution in [0.3, 0.4) is 0 Å². The average Bonchev–Trinajstić information content (AvgIpc) is 3.22. The maximum atomic E-state index is 4.78. The van der Waals surface area contributed by atoms with E-state index in [0.717, 1.165) is 16.9 Å². The van der Waals surface area contributed by atoms with Gasteiger partial charge >= 0.3 is 0 Å². The lowest BCUT2D eigenvalue weighted by Gasteiger charge is -2.09. The zero-order valence-corrected chi connectivity index (χ0v) is 13.9. The molecule has 1 nitrogen and oxygen atoms in total. The summed E-state index contributed by atoms with van der Waals surface area (Å²) in [6.07, 6.45) is 2.83. The molecule has 0 radical (unpaired) electrons. The molecule has 0 unspecified atom stereocenters. The van der Waals surface area contributed by atoms with Gasteiger partial charge in [0.2, 0.25) is 0 Å². The van der Waals surface area contributed by atoms with Gasteiger partial charge in [0.05, 0.1) is 10.2 Å². The Balaban J connectivity index is 1.78. The second kappa shape index (κ2) is 5.15. The van der Waals surface area contributed by atoms with E-state index in [1.54, 1.807) is 11.3 Å². The van der Waals surface area contributed by atoms with Crippen molar-refractivity contribution in [3.63, 3.8) is 0 Å². The van der Waals surface area contributed by atoms with Gasteiger partial charge in [-0.05, 0) is 46.4 Å². The Hall–Kier alpha value is -2.71. The van der Waals surface area contributed by atoms with Crippen LogP contribution < -0.4 is 0 Å². The van der Waals surface area contributed by atoms with Crippen LogP contribution in [0, 0.1) is 0 Å². The lowest BCUT2D eigenvalue weighted by molar-refractivity contribution is 1.26. The molecule has 0 amide bonds. The van der Waals surface area contributed by atoms with E-state index < -0.39 is 0 Å². The molecular weight excluding hydrogens is 310 g/mol. The Morgan fingerprint density at radius 1 is 0.833 bits per heavy atom. The van der Waals surface area contributed by atoms with Crippen molar-refractivity contribution in [2.45, 2.75) is 6.42 Å². The SMILES string of the molecule is C=Cc1nc2c(-c3cccc4c3Cc3ccccc3-4)cccc2s1. The van der Waals surface area contributed by atoms with Crippen LogP contribution in [0.2, 0.25) is 0 Å². The molecule has 1 heterocycles. The summed E-state index contributed by atoms with van der Waals surface area (Å²) in [5.74, 6) is 0. The van der Waals surface area contributed by atoms with Crippen LogP contribution in [-0.2, 0) is 6.42 Å². The minimum atomic E-state index is 0.980. The number of nitrogens with zero attached hydrogens (tertiary/aromatic N) is 1. The summed E-state index contributed by atoms with van der Waals surface area (Å²) in [7, 11) is 0. The average molecular weight is 325 g/mol. The van der Waals surface area contributed by atoms with E-state index in [0.29, 0.717) is 0 Å². The van der Waals surface area contributed by atoms with Crippen molar-refractivity contribution in [2.75, 3.05) is 0 Å². The molecule has 1 aliphatic rings. The molecule has 0 bridgehead atoms. The molecule has 0 fully saturated rings. The number of benzene rings is 3. The van der Waals surface area contributed by atoms with E-state index in [1.807, 2.05) is 6.08 Å². The maximum absolute atomic E-state index is 4.78. The number of hydrogen-bond donors (Lipinski definition) is 0. The highest BCUT2D eigenvalue weighted by Gasteiger charge is 2.22. The van der Waals surface area contributed by atoms with E-state index >= 15 is 0 Å². The van der Waals surface area contributed by atoms with Crippen molar-refractivity contribution < 1.29 is 0 Å². The van der Waals surface area contributed by atoms with E-state index in [2.05, 4.69) is 67.2 Å². The number of fused-ring (bicyclic) bond motifs is 4. The van der Waals surface area contributed by atoms with Crippen molar-refractivity contribution in [3.8, 4) is 22.3 Å². The first kappa shape index (κ1) is 13.7. The fourth-order valence-corrected chi connectivity index (χ4v) is 4.52. The first-order valence-corrected chi connectivity index (χ1v) is 8.89. The highest BCUT2D eigenvalue weighted by atomic mass is 32.1. The van der Waals surface area contributed by atoms with Crippen LogP contribution in [0.25, 0.3) is 38.5 Å². The molecular formula is C22H15NS. The zero-order chi connectivity index (χ0) is 16.1.